The van der Waals surface area contributed by atoms with E-state index in [0.717, 1.165) is 18.0 Å². The lowest BCUT2D eigenvalue weighted by Gasteiger charge is -2.46. The molecule has 2 aliphatic rings. The van der Waals surface area contributed by atoms with Gasteiger partial charge in [-0.15, -0.1) is 0 Å². The fourth-order valence-electron chi connectivity index (χ4n) is 3.88. The molecule has 0 radical (unpaired) electrons. The lowest BCUT2D eigenvalue weighted by Crippen LogP contribution is -2.60. The van der Waals surface area contributed by atoms with Gasteiger partial charge < -0.3 is 5.32 Å². The summed E-state index contributed by atoms with van der Waals surface area (Å²) in [6.07, 6.45) is 11.5. The second-order valence-corrected chi connectivity index (χ2v) is 7.02. The van der Waals surface area contributed by atoms with E-state index in [-0.39, 0.29) is 0 Å². The number of rotatable bonds is 3. The molecule has 1 saturated carbocycles. The minimum Gasteiger partial charge on any atom is -0.311 e. The maximum Gasteiger partial charge on any atom is 0.0221 e. The Morgan fingerprint density at radius 2 is 1.68 bits per heavy atom. The summed E-state index contributed by atoms with van der Waals surface area (Å²) >= 11 is 0. The van der Waals surface area contributed by atoms with Gasteiger partial charge in [-0.25, -0.2) is 0 Å². The topological polar surface area (TPSA) is 15.3 Å². The van der Waals surface area contributed by atoms with Crippen molar-refractivity contribution >= 4 is 0 Å². The first-order valence-electron chi connectivity index (χ1n) is 8.71. The Morgan fingerprint density at radius 3 is 2.26 bits per heavy atom. The fourth-order valence-corrected chi connectivity index (χ4v) is 3.88. The predicted octanol–water partition coefficient (Wildman–Crippen LogP) is 3.81. The van der Waals surface area contributed by atoms with Gasteiger partial charge in [-0.2, -0.15) is 0 Å². The average Bonchev–Trinajstić information content (AvgIpc) is 2.37. The van der Waals surface area contributed by atoms with E-state index in [1.807, 2.05) is 0 Å². The normalized spacial score (nSPS) is 32.2. The lowest BCUT2D eigenvalue weighted by molar-refractivity contribution is 0.0545. The van der Waals surface area contributed by atoms with Crippen molar-refractivity contribution in [1.82, 2.24) is 10.2 Å². The van der Waals surface area contributed by atoms with Crippen LogP contribution in [0, 0.1) is 5.92 Å². The first-order chi connectivity index (χ1) is 9.22. The summed E-state index contributed by atoms with van der Waals surface area (Å²) in [5.41, 5.74) is 0. The van der Waals surface area contributed by atoms with Crippen LogP contribution in [-0.4, -0.2) is 36.1 Å². The Morgan fingerprint density at radius 1 is 1.05 bits per heavy atom. The van der Waals surface area contributed by atoms with Crippen molar-refractivity contribution < 1.29 is 0 Å². The van der Waals surface area contributed by atoms with Crippen LogP contribution in [-0.2, 0) is 0 Å². The van der Waals surface area contributed by atoms with E-state index in [0.29, 0.717) is 6.04 Å². The van der Waals surface area contributed by atoms with E-state index in [9.17, 15) is 0 Å². The van der Waals surface area contributed by atoms with Gasteiger partial charge in [-0.3, -0.25) is 4.90 Å². The summed E-state index contributed by atoms with van der Waals surface area (Å²) in [5.74, 6) is 0.758. The van der Waals surface area contributed by atoms with Crippen molar-refractivity contribution in [3.8, 4) is 0 Å². The van der Waals surface area contributed by atoms with Gasteiger partial charge in [0, 0.05) is 31.2 Å². The van der Waals surface area contributed by atoms with E-state index >= 15 is 0 Å². The Balaban J connectivity index is 1.99. The molecular weight excluding hydrogens is 232 g/mol. The zero-order chi connectivity index (χ0) is 13.7. The molecule has 0 amide bonds. The smallest absolute Gasteiger partial charge is 0.0221 e. The summed E-state index contributed by atoms with van der Waals surface area (Å²) in [6, 6.07) is 2.35. The molecule has 2 fully saturated rings. The average molecular weight is 266 g/mol. The van der Waals surface area contributed by atoms with Crippen LogP contribution in [0.1, 0.15) is 72.1 Å². The van der Waals surface area contributed by atoms with E-state index < -0.39 is 0 Å². The van der Waals surface area contributed by atoms with Gasteiger partial charge in [0.25, 0.3) is 0 Å². The van der Waals surface area contributed by atoms with Gasteiger partial charge in [-0.05, 0) is 25.2 Å². The van der Waals surface area contributed by atoms with Crippen LogP contribution >= 0.6 is 0 Å². The summed E-state index contributed by atoms with van der Waals surface area (Å²) < 4.78 is 0. The van der Waals surface area contributed by atoms with Gasteiger partial charge in [-0.1, -0.05) is 52.9 Å². The van der Waals surface area contributed by atoms with E-state index in [4.69, 9.17) is 0 Å². The number of nitrogens with one attached hydrogen (secondary N) is 1. The molecule has 1 aliphatic heterocycles. The van der Waals surface area contributed by atoms with Crippen LogP contribution in [0.15, 0.2) is 0 Å². The Bertz CT molecular complexity index is 244. The summed E-state index contributed by atoms with van der Waals surface area (Å²) in [6.45, 7) is 9.56. The highest BCUT2D eigenvalue weighted by molar-refractivity contribution is 4.90. The second kappa shape index (κ2) is 7.64. The maximum atomic E-state index is 3.77. The molecule has 1 aliphatic carbocycles. The maximum absolute atomic E-state index is 3.77. The van der Waals surface area contributed by atoms with Crippen molar-refractivity contribution in [3.05, 3.63) is 0 Å². The molecule has 2 atom stereocenters. The van der Waals surface area contributed by atoms with Crippen molar-refractivity contribution in [2.75, 3.05) is 13.1 Å². The first kappa shape index (κ1) is 15.3. The number of piperazine rings is 1. The third-order valence-electron chi connectivity index (χ3n) is 5.31. The van der Waals surface area contributed by atoms with Gasteiger partial charge in [0.05, 0.1) is 0 Å². The highest BCUT2D eigenvalue weighted by atomic mass is 15.3. The van der Waals surface area contributed by atoms with Gasteiger partial charge in [0.2, 0.25) is 0 Å². The van der Waals surface area contributed by atoms with E-state index in [2.05, 4.69) is 31.0 Å². The van der Waals surface area contributed by atoms with Crippen LogP contribution in [0.3, 0.4) is 0 Å². The van der Waals surface area contributed by atoms with Crippen molar-refractivity contribution in [2.24, 2.45) is 5.92 Å². The monoisotopic (exact) mass is 266 g/mol. The zero-order valence-electron chi connectivity index (χ0n) is 13.3. The molecule has 0 aromatic heterocycles. The number of hydrogen-bond acceptors (Lipinski definition) is 2. The summed E-state index contributed by atoms with van der Waals surface area (Å²) in [4.78, 5) is 2.88. The van der Waals surface area contributed by atoms with Crippen molar-refractivity contribution in [3.63, 3.8) is 0 Å². The van der Waals surface area contributed by atoms with Crippen LogP contribution < -0.4 is 5.32 Å². The molecule has 2 nitrogen and oxygen atoms in total. The molecule has 1 heterocycles. The molecule has 19 heavy (non-hydrogen) atoms. The Kier molecular flexibility index (Phi) is 6.15. The molecule has 1 saturated heterocycles. The Hall–Kier alpha value is -0.0800. The molecule has 112 valence electrons. The minimum atomic E-state index is 0.702. The molecule has 2 rings (SSSR count). The first-order valence-corrected chi connectivity index (χ1v) is 8.71. The van der Waals surface area contributed by atoms with Gasteiger partial charge >= 0.3 is 0 Å². The summed E-state index contributed by atoms with van der Waals surface area (Å²) in [5, 5.41) is 3.77. The largest absolute Gasteiger partial charge is 0.311 e. The fraction of sp³-hybridized carbons (Fsp3) is 1.00. The van der Waals surface area contributed by atoms with Crippen molar-refractivity contribution in [1.29, 1.82) is 0 Å². The van der Waals surface area contributed by atoms with Crippen LogP contribution in [0.2, 0.25) is 0 Å². The highest BCUT2D eigenvalue weighted by Gasteiger charge is 2.32. The molecule has 1 N–H and O–H groups in total. The predicted molar refractivity (Wildman–Crippen MR) is 83.5 cm³/mol. The third-order valence-corrected chi connectivity index (χ3v) is 5.31. The molecule has 0 aromatic carbocycles. The van der Waals surface area contributed by atoms with E-state index in [1.54, 1.807) is 0 Å². The number of hydrogen-bond donors (Lipinski definition) is 1. The Labute approximate surface area is 120 Å². The molecular formula is C17H34N2. The van der Waals surface area contributed by atoms with Crippen molar-refractivity contribution in [2.45, 2.75) is 90.3 Å². The second-order valence-electron chi connectivity index (χ2n) is 7.02. The molecule has 0 aromatic rings. The van der Waals surface area contributed by atoms with Gasteiger partial charge in [0.15, 0.2) is 0 Å². The van der Waals surface area contributed by atoms with E-state index in [1.165, 1.54) is 64.5 Å². The quantitative estimate of drug-likeness (QED) is 0.835. The van der Waals surface area contributed by atoms with Crippen LogP contribution in [0.5, 0.6) is 0 Å². The van der Waals surface area contributed by atoms with Crippen LogP contribution in [0.25, 0.3) is 0 Å². The molecule has 0 bridgehead atoms. The molecule has 2 heteroatoms. The number of nitrogens with zero attached hydrogens (tertiary/aromatic N) is 1. The molecule has 0 spiro atoms. The minimum absolute atomic E-state index is 0.702. The zero-order valence-corrected chi connectivity index (χ0v) is 13.3. The highest BCUT2D eigenvalue weighted by Crippen LogP contribution is 2.26. The lowest BCUT2D eigenvalue weighted by atomic mass is 9.91. The van der Waals surface area contributed by atoms with Crippen LogP contribution in [0.4, 0.5) is 0 Å². The standard InChI is InChI=1S/C17H34N2/c1-4-15-12-18-17(14(2)3)13-19(15)16-10-8-6-5-7-9-11-16/h14-18H,4-13H2,1-3H3. The molecule has 2 unspecified atom stereocenters. The summed E-state index contributed by atoms with van der Waals surface area (Å²) in [7, 11) is 0. The third kappa shape index (κ3) is 4.19. The SMILES string of the molecule is CCC1CNC(C(C)C)CN1C1CCCCCCC1. The van der Waals surface area contributed by atoms with Gasteiger partial charge in [0.1, 0.15) is 0 Å².